The van der Waals surface area contributed by atoms with Crippen LogP contribution in [0.2, 0.25) is 0 Å². The van der Waals surface area contributed by atoms with Gasteiger partial charge in [-0.25, -0.2) is 0 Å². The van der Waals surface area contributed by atoms with Crippen molar-refractivity contribution in [3.8, 4) is 22.8 Å². The third-order valence-corrected chi connectivity index (χ3v) is 3.49. The number of nitrogens with two attached hydrogens (primary N) is 1. The Hall–Kier alpha value is -2.67. The third-order valence-electron chi connectivity index (χ3n) is 2.96. The fourth-order valence-corrected chi connectivity index (χ4v) is 2.19. The van der Waals surface area contributed by atoms with Gasteiger partial charge in [0.25, 0.3) is 5.91 Å². The van der Waals surface area contributed by atoms with Gasteiger partial charge in [0.15, 0.2) is 5.69 Å². The highest BCUT2D eigenvalue weighted by Crippen LogP contribution is 2.26. The number of halogens is 1. The van der Waals surface area contributed by atoms with Crippen molar-refractivity contribution in [3.63, 3.8) is 0 Å². The second-order valence-corrected chi connectivity index (χ2v) is 5.38. The first-order chi connectivity index (χ1) is 10.6. The van der Waals surface area contributed by atoms with Crippen molar-refractivity contribution in [3.05, 3.63) is 58.7 Å². The van der Waals surface area contributed by atoms with Gasteiger partial charge in [0, 0.05) is 10.0 Å². The first kappa shape index (κ1) is 14.3. The molecule has 0 atom stereocenters. The van der Waals surface area contributed by atoms with E-state index in [4.69, 9.17) is 10.5 Å². The fraction of sp³-hybridized carbons (Fsp3) is 0. The number of ether oxygens (including phenoxy) is 1. The van der Waals surface area contributed by atoms with Crippen LogP contribution in [0, 0.1) is 0 Å². The largest absolute Gasteiger partial charge is 0.457 e. The number of amides is 1. The van der Waals surface area contributed by atoms with Gasteiger partial charge in [-0.05, 0) is 48.5 Å². The number of primary amides is 1. The number of aromatic amines is 1. The SMILES string of the molecule is NC(=O)c1n[nH]nc1-c1ccc(Oc2ccc(Br)cc2)cc1. The Morgan fingerprint density at radius 3 is 2.18 bits per heavy atom. The summed E-state index contributed by atoms with van der Waals surface area (Å²) in [5.74, 6) is 0.782. The minimum atomic E-state index is -0.626. The van der Waals surface area contributed by atoms with Crippen LogP contribution in [0.15, 0.2) is 53.0 Å². The van der Waals surface area contributed by atoms with Gasteiger partial charge in [-0.3, -0.25) is 4.79 Å². The van der Waals surface area contributed by atoms with Gasteiger partial charge in [0.1, 0.15) is 17.2 Å². The van der Waals surface area contributed by atoms with Crippen LogP contribution >= 0.6 is 15.9 Å². The van der Waals surface area contributed by atoms with Gasteiger partial charge >= 0.3 is 0 Å². The lowest BCUT2D eigenvalue weighted by molar-refractivity contribution is 0.0996. The van der Waals surface area contributed by atoms with Gasteiger partial charge in [-0.1, -0.05) is 15.9 Å². The summed E-state index contributed by atoms with van der Waals surface area (Å²) in [7, 11) is 0. The van der Waals surface area contributed by atoms with Gasteiger partial charge < -0.3 is 10.5 Å². The summed E-state index contributed by atoms with van der Waals surface area (Å²) in [6.45, 7) is 0. The summed E-state index contributed by atoms with van der Waals surface area (Å²) >= 11 is 3.37. The molecule has 1 amide bonds. The Balaban J connectivity index is 1.82. The van der Waals surface area contributed by atoms with Gasteiger partial charge in [0.2, 0.25) is 0 Å². The third kappa shape index (κ3) is 2.99. The van der Waals surface area contributed by atoms with E-state index in [1.165, 1.54) is 0 Å². The molecule has 0 aliphatic rings. The van der Waals surface area contributed by atoms with E-state index in [0.717, 1.165) is 15.8 Å². The topological polar surface area (TPSA) is 93.9 Å². The van der Waals surface area contributed by atoms with Crippen LogP contribution in [0.5, 0.6) is 11.5 Å². The van der Waals surface area contributed by atoms with Gasteiger partial charge in [-0.15, -0.1) is 0 Å². The van der Waals surface area contributed by atoms with Crippen molar-refractivity contribution in [1.82, 2.24) is 15.4 Å². The van der Waals surface area contributed by atoms with E-state index in [2.05, 4.69) is 31.3 Å². The molecule has 3 aromatic rings. The standard InChI is InChI=1S/C15H11BrN4O2/c16-10-3-7-12(8-4-10)22-11-5-1-9(2-6-11)13-14(15(17)21)19-20-18-13/h1-8H,(H2,17,21)(H,18,19,20). The molecule has 0 unspecified atom stereocenters. The number of rotatable bonds is 4. The van der Waals surface area contributed by atoms with Crippen LogP contribution in [-0.2, 0) is 0 Å². The maximum atomic E-state index is 11.3. The van der Waals surface area contributed by atoms with Gasteiger partial charge in [0.05, 0.1) is 0 Å². The smallest absolute Gasteiger partial charge is 0.271 e. The van der Waals surface area contributed by atoms with Crippen LogP contribution in [0.4, 0.5) is 0 Å². The first-order valence-corrected chi connectivity index (χ1v) is 7.17. The average Bonchev–Trinajstić information content (AvgIpc) is 3.00. The van der Waals surface area contributed by atoms with Crippen molar-refractivity contribution in [2.45, 2.75) is 0 Å². The predicted octanol–water partition coefficient (Wildman–Crippen LogP) is 3.13. The van der Waals surface area contributed by atoms with Crippen LogP contribution in [-0.4, -0.2) is 21.3 Å². The Labute approximate surface area is 134 Å². The molecule has 1 aromatic heterocycles. The van der Waals surface area contributed by atoms with Crippen molar-refractivity contribution in [2.75, 3.05) is 0 Å². The monoisotopic (exact) mass is 358 g/mol. The molecule has 2 aromatic carbocycles. The number of hydrogen-bond donors (Lipinski definition) is 2. The molecule has 0 fully saturated rings. The molecule has 0 aliphatic carbocycles. The van der Waals surface area contributed by atoms with Crippen molar-refractivity contribution in [2.24, 2.45) is 5.73 Å². The van der Waals surface area contributed by atoms with E-state index in [0.29, 0.717) is 11.4 Å². The Morgan fingerprint density at radius 1 is 1.00 bits per heavy atom. The molecule has 0 aliphatic heterocycles. The molecule has 0 spiro atoms. The normalized spacial score (nSPS) is 10.4. The molecule has 1 heterocycles. The van der Waals surface area contributed by atoms with Crippen LogP contribution in [0.3, 0.4) is 0 Å². The molecule has 0 bridgehead atoms. The van der Waals surface area contributed by atoms with E-state index < -0.39 is 5.91 Å². The number of carbonyl (C=O) groups is 1. The summed E-state index contributed by atoms with van der Waals surface area (Å²) in [6.07, 6.45) is 0. The molecular weight excluding hydrogens is 348 g/mol. The molecule has 22 heavy (non-hydrogen) atoms. The lowest BCUT2D eigenvalue weighted by atomic mass is 10.1. The summed E-state index contributed by atoms with van der Waals surface area (Å²) < 4.78 is 6.71. The molecule has 110 valence electrons. The lowest BCUT2D eigenvalue weighted by Crippen LogP contribution is -2.12. The zero-order valence-electron chi connectivity index (χ0n) is 11.3. The quantitative estimate of drug-likeness (QED) is 0.748. The fourth-order valence-electron chi connectivity index (χ4n) is 1.92. The molecule has 0 saturated carbocycles. The van der Waals surface area contributed by atoms with E-state index >= 15 is 0 Å². The molecule has 6 nitrogen and oxygen atoms in total. The second-order valence-electron chi connectivity index (χ2n) is 4.47. The molecule has 3 N–H and O–H groups in total. The highest BCUT2D eigenvalue weighted by molar-refractivity contribution is 9.10. The number of H-pyrrole nitrogens is 1. The highest BCUT2D eigenvalue weighted by Gasteiger charge is 2.14. The van der Waals surface area contributed by atoms with E-state index in [9.17, 15) is 4.79 Å². The van der Waals surface area contributed by atoms with Crippen molar-refractivity contribution < 1.29 is 9.53 Å². The molecule has 0 radical (unpaired) electrons. The number of nitrogens with one attached hydrogen (secondary N) is 1. The number of benzene rings is 2. The summed E-state index contributed by atoms with van der Waals surface area (Å²) in [5.41, 5.74) is 6.51. The predicted molar refractivity (Wildman–Crippen MR) is 84.6 cm³/mol. The Bertz CT molecular complexity index is 797. The highest BCUT2D eigenvalue weighted by atomic mass is 79.9. The molecule has 0 saturated heterocycles. The molecule has 3 rings (SSSR count). The summed E-state index contributed by atoms with van der Waals surface area (Å²) in [5, 5.41) is 10.1. The van der Waals surface area contributed by atoms with E-state index in [1.807, 2.05) is 24.3 Å². The molecule has 7 heteroatoms. The van der Waals surface area contributed by atoms with Crippen LogP contribution < -0.4 is 10.5 Å². The van der Waals surface area contributed by atoms with Crippen molar-refractivity contribution >= 4 is 21.8 Å². The van der Waals surface area contributed by atoms with E-state index in [1.54, 1.807) is 24.3 Å². The number of aromatic nitrogens is 3. The summed E-state index contributed by atoms with van der Waals surface area (Å²) in [6, 6.07) is 14.7. The second kappa shape index (κ2) is 5.98. The summed E-state index contributed by atoms with van der Waals surface area (Å²) in [4.78, 5) is 11.3. The zero-order valence-corrected chi connectivity index (χ0v) is 12.9. The van der Waals surface area contributed by atoms with Crippen molar-refractivity contribution in [1.29, 1.82) is 0 Å². The number of nitrogens with zero attached hydrogens (tertiary/aromatic N) is 2. The van der Waals surface area contributed by atoms with Gasteiger partial charge in [-0.2, -0.15) is 15.4 Å². The van der Waals surface area contributed by atoms with E-state index in [-0.39, 0.29) is 5.69 Å². The van der Waals surface area contributed by atoms with Crippen LogP contribution in [0.1, 0.15) is 10.5 Å². The minimum absolute atomic E-state index is 0.113. The zero-order chi connectivity index (χ0) is 15.5. The number of hydrogen-bond acceptors (Lipinski definition) is 4. The lowest BCUT2D eigenvalue weighted by Gasteiger charge is -2.06. The molecular formula is C15H11BrN4O2. The maximum Gasteiger partial charge on any atom is 0.271 e. The maximum absolute atomic E-state index is 11.3. The number of carbonyl (C=O) groups excluding carboxylic acids is 1. The Kier molecular flexibility index (Phi) is 3.88. The Morgan fingerprint density at radius 2 is 1.59 bits per heavy atom. The minimum Gasteiger partial charge on any atom is -0.457 e. The average molecular weight is 359 g/mol. The van der Waals surface area contributed by atoms with Crippen LogP contribution in [0.25, 0.3) is 11.3 Å². The first-order valence-electron chi connectivity index (χ1n) is 6.38.